The van der Waals surface area contributed by atoms with Gasteiger partial charge in [-0.1, -0.05) is 20.3 Å². The van der Waals surface area contributed by atoms with Crippen molar-refractivity contribution < 1.29 is 9.90 Å². The van der Waals surface area contributed by atoms with Gasteiger partial charge in [-0.2, -0.15) is 0 Å². The molecule has 3 N–H and O–H groups in total. The van der Waals surface area contributed by atoms with Gasteiger partial charge in [0.05, 0.1) is 0 Å². The molecular formula is C9H19NO2S. The predicted molar refractivity (Wildman–Crippen MR) is 57.0 cm³/mol. The first-order chi connectivity index (χ1) is 6.11. The topological polar surface area (TPSA) is 63.3 Å². The Balaban J connectivity index is 3.55. The summed E-state index contributed by atoms with van der Waals surface area (Å²) < 4.78 is 0. The predicted octanol–water partition coefficient (Wildman–Crippen LogP) is 1.57. The molecule has 1 unspecified atom stereocenters. The Labute approximate surface area is 84.1 Å². The second-order valence-electron chi connectivity index (χ2n) is 3.24. The summed E-state index contributed by atoms with van der Waals surface area (Å²) in [5.41, 5.74) is 5.32. The molecule has 0 rings (SSSR count). The summed E-state index contributed by atoms with van der Waals surface area (Å²) >= 11 is 1.45. The Morgan fingerprint density at radius 1 is 1.62 bits per heavy atom. The van der Waals surface area contributed by atoms with Crippen LogP contribution in [0.25, 0.3) is 0 Å². The monoisotopic (exact) mass is 205 g/mol. The van der Waals surface area contributed by atoms with Gasteiger partial charge in [0.2, 0.25) is 0 Å². The zero-order chi connectivity index (χ0) is 10.3. The quantitative estimate of drug-likeness (QED) is 0.662. The average Bonchev–Trinajstić information content (AvgIpc) is 2.11. The van der Waals surface area contributed by atoms with E-state index in [0.29, 0.717) is 5.92 Å². The van der Waals surface area contributed by atoms with Crippen molar-refractivity contribution in [1.29, 1.82) is 0 Å². The highest BCUT2D eigenvalue weighted by Crippen LogP contribution is 2.16. The van der Waals surface area contributed by atoms with Gasteiger partial charge >= 0.3 is 5.97 Å². The van der Waals surface area contributed by atoms with E-state index < -0.39 is 11.2 Å². The summed E-state index contributed by atoms with van der Waals surface area (Å²) in [7, 11) is 0. The van der Waals surface area contributed by atoms with Crippen molar-refractivity contribution in [1.82, 2.24) is 0 Å². The molecule has 3 nitrogen and oxygen atoms in total. The van der Waals surface area contributed by atoms with Crippen LogP contribution in [0.3, 0.4) is 0 Å². The molecule has 13 heavy (non-hydrogen) atoms. The van der Waals surface area contributed by atoms with Crippen LogP contribution >= 0.6 is 11.8 Å². The van der Waals surface area contributed by atoms with Crippen molar-refractivity contribution >= 4 is 17.7 Å². The minimum absolute atomic E-state index is 0.223. The fourth-order valence-electron chi connectivity index (χ4n) is 0.856. The van der Waals surface area contributed by atoms with Crippen LogP contribution in [0.4, 0.5) is 0 Å². The highest BCUT2D eigenvalue weighted by molar-refractivity contribution is 8.00. The van der Waals surface area contributed by atoms with Crippen molar-refractivity contribution in [2.24, 2.45) is 11.7 Å². The molecule has 0 saturated heterocycles. The van der Waals surface area contributed by atoms with E-state index in [4.69, 9.17) is 10.8 Å². The molecule has 2 atom stereocenters. The van der Waals surface area contributed by atoms with E-state index in [1.807, 2.05) is 0 Å². The summed E-state index contributed by atoms with van der Waals surface area (Å²) in [6.45, 7) is 4.55. The maximum absolute atomic E-state index is 10.6. The smallest absolute Gasteiger partial charge is 0.317 e. The van der Waals surface area contributed by atoms with E-state index in [0.717, 1.165) is 18.6 Å². The number of carboxylic acids is 1. The summed E-state index contributed by atoms with van der Waals surface area (Å²) in [6.07, 6.45) is 2.23. The zero-order valence-electron chi connectivity index (χ0n) is 8.32. The average molecular weight is 205 g/mol. The summed E-state index contributed by atoms with van der Waals surface area (Å²) in [5, 5.41) is 8.27. The van der Waals surface area contributed by atoms with Crippen molar-refractivity contribution in [3.05, 3.63) is 0 Å². The molecule has 4 heteroatoms. The Kier molecular flexibility index (Phi) is 7.09. The van der Waals surface area contributed by atoms with Crippen LogP contribution in [0.15, 0.2) is 0 Å². The largest absolute Gasteiger partial charge is 0.480 e. The highest BCUT2D eigenvalue weighted by atomic mass is 32.2. The number of carboxylic acid groups (broad SMARTS) is 1. The van der Waals surface area contributed by atoms with Gasteiger partial charge in [-0.05, 0) is 18.1 Å². The van der Waals surface area contributed by atoms with E-state index in [1.54, 1.807) is 0 Å². The Morgan fingerprint density at radius 3 is 2.62 bits per heavy atom. The lowest BCUT2D eigenvalue weighted by Crippen LogP contribution is -2.26. The second-order valence-corrected chi connectivity index (χ2v) is 4.55. The SMILES string of the molecule is CCC(C)CCS[C@@H](CN)C(=O)O. The molecule has 0 fully saturated rings. The molecule has 0 spiro atoms. The van der Waals surface area contributed by atoms with E-state index in [1.165, 1.54) is 11.8 Å². The lowest BCUT2D eigenvalue weighted by molar-refractivity contribution is -0.136. The number of thioether (sulfide) groups is 1. The van der Waals surface area contributed by atoms with Crippen molar-refractivity contribution in [2.75, 3.05) is 12.3 Å². The molecule has 0 amide bonds. The van der Waals surface area contributed by atoms with E-state index >= 15 is 0 Å². The normalized spacial score (nSPS) is 15.3. The molecule has 0 bridgehead atoms. The maximum Gasteiger partial charge on any atom is 0.317 e. The number of rotatable bonds is 7. The van der Waals surface area contributed by atoms with Gasteiger partial charge in [-0.15, -0.1) is 11.8 Å². The third-order valence-electron chi connectivity index (χ3n) is 2.12. The van der Waals surface area contributed by atoms with Crippen LogP contribution in [-0.2, 0) is 4.79 Å². The summed E-state index contributed by atoms with van der Waals surface area (Å²) in [5.74, 6) is 0.778. The van der Waals surface area contributed by atoms with Gasteiger partial charge in [0, 0.05) is 6.54 Å². The molecule has 0 saturated carbocycles. The van der Waals surface area contributed by atoms with Crippen LogP contribution in [-0.4, -0.2) is 28.6 Å². The molecule has 0 aliphatic carbocycles. The van der Waals surface area contributed by atoms with Crippen LogP contribution in [0, 0.1) is 5.92 Å². The van der Waals surface area contributed by atoms with Crippen LogP contribution in [0.5, 0.6) is 0 Å². The standard InChI is InChI=1S/C9H19NO2S/c1-3-7(2)4-5-13-8(6-10)9(11)12/h7-8H,3-6,10H2,1-2H3,(H,11,12)/t7?,8-/m0/s1. The molecule has 0 radical (unpaired) electrons. The Morgan fingerprint density at radius 2 is 2.23 bits per heavy atom. The van der Waals surface area contributed by atoms with E-state index in [-0.39, 0.29) is 6.54 Å². The minimum Gasteiger partial charge on any atom is -0.480 e. The molecule has 0 aromatic carbocycles. The molecule has 0 aliphatic heterocycles. The number of aliphatic carboxylic acids is 1. The first-order valence-electron chi connectivity index (χ1n) is 4.66. The third-order valence-corrected chi connectivity index (χ3v) is 3.38. The third kappa shape index (κ3) is 5.93. The molecule has 0 aromatic heterocycles. The summed E-state index contributed by atoms with van der Waals surface area (Å²) in [4.78, 5) is 10.6. The fraction of sp³-hybridized carbons (Fsp3) is 0.889. The van der Waals surface area contributed by atoms with E-state index in [9.17, 15) is 4.79 Å². The molecule has 78 valence electrons. The maximum atomic E-state index is 10.6. The molecule has 0 aromatic rings. The van der Waals surface area contributed by atoms with Crippen molar-refractivity contribution in [2.45, 2.75) is 31.9 Å². The lowest BCUT2D eigenvalue weighted by Gasteiger charge is -2.11. The van der Waals surface area contributed by atoms with E-state index in [2.05, 4.69) is 13.8 Å². The summed E-state index contributed by atoms with van der Waals surface area (Å²) in [6, 6.07) is 0. The van der Waals surface area contributed by atoms with Gasteiger partial charge in [0.25, 0.3) is 0 Å². The van der Waals surface area contributed by atoms with Gasteiger partial charge in [-0.3, -0.25) is 4.79 Å². The minimum atomic E-state index is -0.795. The zero-order valence-corrected chi connectivity index (χ0v) is 9.14. The molecular weight excluding hydrogens is 186 g/mol. The van der Waals surface area contributed by atoms with Crippen LogP contribution in [0.1, 0.15) is 26.7 Å². The second kappa shape index (κ2) is 7.21. The van der Waals surface area contributed by atoms with Gasteiger partial charge in [-0.25, -0.2) is 0 Å². The number of carbonyl (C=O) groups is 1. The number of hydrogen-bond donors (Lipinski definition) is 2. The fourth-order valence-corrected chi connectivity index (χ4v) is 1.96. The lowest BCUT2D eigenvalue weighted by atomic mass is 10.1. The van der Waals surface area contributed by atoms with Gasteiger partial charge in [0.15, 0.2) is 0 Å². The number of hydrogen-bond acceptors (Lipinski definition) is 3. The first-order valence-corrected chi connectivity index (χ1v) is 5.71. The van der Waals surface area contributed by atoms with Gasteiger partial charge < -0.3 is 10.8 Å². The number of nitrogens with two attached hydrogens (primary N) is 1. The molecule has 0 heterocycles. The van der Waals surface area contributed by atoms with Crippen molar-refractivity contribution in [3.8, 4) is 0 Å². The van der Waals surface area contributed by atoms with Gasteiger partial charge in [0.1, 0.15) is 5.25 Å². The first kappa shape index (κ1) is 12.8. The van der Waals surface area contributed by atoms with Crippen LogP contribution < -0.4 is 5.73 Å². The highest BCUT2D eigenvalue weighted by Gasteiger charge is 2.15. The molecule has 0 aliphatic rings. The Hall–Kier alpha value is -0.220. The van der Waals surface area contributed by atoms with Crippen molar-refractivity contribution in [3.63, 3.8) is 0 Å². The Bertz CT molecular complexity index is 153. The van der Waals surface area contributed by atoms with Crippen LogP contribution in [0.2, 0.25) is 0 Å².